The van der Waals surface area contributed by atoms with E-state index >= 15 is 0 Å². The number of oxazole rings is 1. The second kappa shape index (κ2) is 5.81. The predicted octanol–water partition coefficient (Wildman–Crippen LogP) is 4.13. The van der Waals surface area contributed by atoms with Crippen molar-refractivity contribution in [3.8, 4) is 0 Å². The molecule has 0 radical (unpaired) electrons. The minimum atomic E-state index is 0.285. The van der Waals surface area contributed by atoms with Gasteiger partial charge in [0, 0.05) is 16.9 Å². The normalized spacial score (nSPS) is 11.6. The fourth-order valence-corrected chi connectivity index (χ4v) is 1.98. The number of anilines is 1. The van der Waals surface area contributed by atoms with Crippen molar-refractivity contribution in [2.24, 2.45) is 0 Å². The third kappa shape index (κ3) is 2.95. The molecule has 104 valence electrons. The molecule has 3 rings (SSSR count). The minimum Gasteiger partial charge on any atom is -0.436 e. The lowest BCUT2D eigenvalue weighted by atomic mass is 10.3. The van der Waals surface area contributed by atoms with Gasteiger partial charge in [-0.3, -0.25) is 4.79 Å². The SMILES string of the molecule is O=CC(=CNc1ccc(Cl)cc1)c1nc2ccccc2o1. The van der Waals surface area contributed by atoms with E-state index in [4.69, 9.17) is 16.0 Å². The van der Waals surface area contributed by atoms with Crippen LogP contribution in [0.25, 0.3) is 16.7 Å². The number of halogens is 1. The first kappa shape index (κ1) is 13.4. The standard InChI is InChI=1S/C16H11ClN2O2/c17-12-5-7-13(8-6-12)18-9-11(10-20)16-19-14-3-1-2-4-15(14)21-16/h1-10,18H. The molecule has 5 heteroatoms. The lowest BCUT2D eigenvalue weighted by Crippen LogP contribution is -1.93. The Bertz CT molecular complexity index is 774. The lowest BCUT2D eigenvalue weighted by molar-refractivity contribution is -0.103. The number of fused-ring (bicyclic) bond motifs is 1. The van der Waals surface area contributed by atoms with E-state index in [1.54, 1.807) is 24.4 Å². The molecule has 4 nitrogen and oxygen atoms in total. The van der Waals surface area contributed by atoms with Crippen LogP contribution in [0.1, 0.15) is 5.89 Å². The highest BCUT2D eigenvalue weighted by molar-refractivity contribution is 6.30. The Morgan fingerprint density at radius 3 is 2.62 bits per heavy atom. The summed E-state index contributed by atoms with van der Waals surface area (Å²) in [6, 6.07) is 14.5. The van der Waals surface area contributed by atoms with Crippen LogP contribution in [0.15, 0.2) is 59.1 Å². The number of hydrogen-bond acceptors (Lipinski definition) is 4. The summed E-state index contributed by atoms with van der Waals surface area (Å²) in [6.07, 6.45) is 2.26. The van der Waals surface area contributed by atoms with E-state index < -0.39 is 0 Å². The average Bonchev–Trinajstić information content (AvgIpc) is 2.93. The van der Waals surface area contributed by atoms with Gasteiger partial charge in [-0.2, -0.15) is 0 Å². The van der Waals surface area contributed by atoms with Gasteiger partial charge in [0.15, 0.2) is 11.9 Å². The van der Waals surface area contributed by atoms with Gasteiger partial charge >= 0.3 is 0 Å². The van der Waals surface area contributed by atoms with Crippen molar-refractivity contribution in [1.82, 2.24) is 4.98 Å². The summed E-state index contributed by atoms with van der Waals surface area (Å²) in [6.45, 7) is 0. The molecule has 0 amide bonds. The van der Waals surface area contributed by atoms with Crippen molar-refractivity contribution >= 4 is 40.2 Å². The van der Waals surface area contributed by atoms with Crippen molar-refractivity contribution in [2.45, 2.75) is 0 Å². The van der Waals surface area contributed by atoms with Gasteiger partial charge in [0.1, 0.15) is 5.52 Å². The summed E-state index contributed by atoms with van der Waals surface area (Å²) in [5.41, 5.74) is 2.51. The van der Waals surface area contributed by atoms with Gasteiger partial charge < -0.3 is 9.73 Å². The number of carbonyl (C=O) groups is 1. The zero-order valence-electron chi connectivity index (χ0n) is 10.9. The van der Waals surface area contributed by atoms with Crippen LogP contribution >= 0.6 is 11.6 Å². The first-order valence-corrected chi connectivity index (χ1v) is 6.67. The molecule has 0 aliphatic carbocycles. The van der Waals surface area contributed by atoms with Crippen LogP contribution < -0.4 is 5.32 Å². The molecule has 0 fully saturated rings. The minimum absolute atomic E-state index is 0.285. The van der Waals surface area contributed by atoms with Gasteiger partial charge in [0.25, 0.3) is 0 Å². The predicted molar refractivity (Wildman–Crippen MR) is 83.1 cm³/mol. The fourth-order valence-electron chi connectivity index (χ4n) is 1.85. The van der Waals surface area contributed by atoms with Crippen molar-refractivity contribution in [3.05, 3.63) is 65.6 Å². The molecule has 1 aromatic heterocycles. The molecule has 0 saturated heterocycles. The smallest absolute Gasteiger partial charge is 0.232 e. The van der Waals surface area contributed by atoms with E-state index in [-0.39, 0.29) is 5.89 Å². The quantitative estimate of drug-likeness (QED) is 0.581. The molecule has 0 bridgehead atoms. The average molecular weight is 299 g/mol. The Morgan fingerprint density at radius 1 is 1.14 bits per heavy atom. The molecule has 0 atom stereocenters. The number of nitrogens with one attached hydrogen (secondary N) is 1. The lowest BCUT2D eigenvalue weighted by Gasteiger charge is -2.01. The second-order valence-corrected chi connectivity index (χ2v) is 4.79. The molecule has 0 unspecified atom stereocenters. The Labute approximate surface area is 126 Å². The topological polar surface area (TPSA) is 55.1 Å². The molecule has 1 heterocycles. The summed E-state index contributed by atoms with van der Waals surface area (Å²) >= 11 is 5.82. The Balaban J connectivity index is 1.88. The molecule has 21 heavy (non-hydrogen) atoms. The van der Waals surface area contributed by atoms with Crippen LogP contribution in [0.3, 0.4) is 0 Å². The summed E-state index contributed by atoms with van der Waals surface area (Å²) < 4.78 is 5.56. The number of allylic oxidation sites excluding steroid dienone is 1. The van der Waals surface area contributed by atoms with Crippen molar-refractivity contribution in [3.63, 3.8) is 0 Å². The maximum Gasteiger partial charge on any atom is 0.232 e. The molecular formula is C16H11ClN2O2. The van der Waals surface area contributed by atoms with Gasteiger partial charge in [0.05, 0.1) is 5.57 Å². The molecule has 3 aromatic rings. The largest absolute Gasteiger partial charge is 0.436 e. The number of aldehydes is 1. The number of rotatable bonds is 4. The van der Waals surface area contributed by atoms with E-state index in [0.717, 1.165) is 5.69 Å². The van der Waals surface area contributed by atoms with Crippen LogP contribution in [0.4, 0.5) is 5.69 Å². The summed E-state index contributed by atoms with van der Waals surface area (Å²) in [5.74, 6) is 0.285. The van der Waals surface area contributed by atoms with E-state index in [0.29, 0.717) is 28.0 Å². The molecule has 1 N–H and O–H groups in total. The maximum atomic E-state index is 11.2. The number of aromatic nitrogens is 1. The molecule has 0 spiro atoms. The Hall–Kier alpha value is -2.59. The fraction of sp³-hybridized carbons (Fsp3) is 0. The van der Waals surface area contributed by atoms with Crippen molar-refractivity contribution in [1.29, 1.82) is 0 Å². The number of carbonyl (C=O) groups excluding carboxylic acids is 1. The van der Waals surface area contributed by atoms with Gasteiger partial charge in [-0.1, -0.05) is 23.7 Å². The van der Waals surface area contributed by atoms with Crippen LogP contribution in [0.2, 0.25) is 5.02 Å². The highest BCUT2D eigenvalue weighted by Crippen LogP contribution is 2.20. The number of para-hydroxylation sites is 2. The van der Waals surface area contributed by atoms with E-state index in [1.165, 1.54) is 0 Å². The highest BCUT2D eigenvalue weighted by Gasteiger charge is 2.09. The van der Waals surface area contributed by atoms with Crippen LogP contribution in [0.5, 0.6) is 0 Å². The van der Waals surface area contributed by atoms with Gasteiger partial charge in [-0.05, 0) is 36.4 Å². The first-order chi connectivity index (χ1) is 10.3. The van der Waals surface area contributed by atoms with Gasteiger partial charge in [-0.15, -0.1) is 0 Å². The third-order valence-electron chi connectivity index (χ3n) is 2.91. The Kier molecular flexibility index (Phi) is 3.71. The maximum absolute atomic E-state index is 11.2. The number of hydrogen-bond donors (Lipinski definition) is 1. The molecular weight excluding hydrogens is 288 g/mol. The Morgan fingerprint density at radius 2 is 1.90 bits per heavy atom. The van der Waals surface area contributed by atoms with Crippen LogP contribution in [-0.4, -0.2) is 11.3 Å². The van der Waals surface area contributed by atoms with Crippen LogP contribution in [-0.2, 0) is 4.79 Å². The van der Waals surface area contributed by atoms with E-state index in [2.05, 4.69) is 10.3 Å². The number of benzene rings is 2. The van der Waals surface area contributed by atoms with E-state index in [9.17, 15) is 4.79 Å². The first-order valence-electron chi connectivity index (χ1n) is 6.29. The zero-order valence-corrected chi connectivity index (χ0v) is 11.7. The van der Waals surface area contributed by atoms with Gasteiger partial charge in [-0.25, -0.2) is 4.98 Å². The number of nitrogens with zero attached hydrogens (tertiary/aromatic N) is 1. The van der Waals surface area contributed by atoms with Crippen LogP contribution in [0, 0.1) is 0 Å². The van der Waals surface area contributed by atoms with Crippen molar-refractivity contribution in [2.75, 3.05) is 5.32 Å². The monoisotopic (exact) mass is 298 g/mol. The van der Waals surface area contributed by atoms with Crippen molar-refractivity contribution < 1.29 is 9.21 Å². The van der Waals surface area contributed by atoms with E-state index in [1.807, 2.05) is 30.3 Å². The van der Waals surface area contributed by atoms with Gasteiger partial charge in [0.2, 0.25) is 5.89 Å². The summed E-state index contributed by atoms with van der Waals surface area (Å²) in [5, 5.41) is 3.67. The summed E-state index contributed by atoms with van der Waals surface area (Å²) in [4.78, 5) is 15.5. The molecule has 0 aliphatic heterocycles. The zero-order chi connectivity index (χ0) is 14.7. The molecule has 0 saturated carbocycles. The molecule has 0 aliphatic rings. The second-order valence-electron chi connectivity index (χ2n) is 4.36. The molecule has 2 aromatic carbocycles. The highest BCUT2D eigenvalue weighted by atomic mass is 35.5. The summed E-state index contributed by atoms with van der Waals surface area (Å²) in [7, 11) is 0. The third-order valence-corrected chi connectivity index (χ3v) is 3.16.